The third-order valence-electron chi connectivity index (χ3n) is 1.85. The molecular formula is C10H8N2OS. The molecule has 0 aliphatic rings. The van der Waals surface area contributed by atoms with Crippen molar-refractivity contribution in [3.63, 3.8) is 0 Å². The number of nitrogens with two attached hydrogens (primary N) is 1. The van der Waals surface area contributed by atoms with Gasteiger partial charge in [0, 0.05) is 16.6 Å². The number of hydrogen-bond acceptors (Lipinski definition) is 4. The van der Waals surface area contributed by atoms with E-state index >= 15 is 0 Å². The molecule has 0 fully saturated rings. The van der Waals surface area contributed by atoms with Crippen LogP contribution in [0.2, 0.25) is 0 Å². The van der Waals surface area contributed by atoms with Crippen LogP contribution in [0.4, 0.5) is 5.82 Å². The second kappa shape index (κ2) is 3.59. The van der Waals surface area contributed by atoms with Crippen molar-refractivity contribution < 1.29 is 4.79 Å². The van der Waals surface area contributed by atoms with Gasteiger partial charge >= 0.3 is 0 Å². The quantitative estimate of drug-likeness (QED) is 0.763. The second-order valence-corrected chi connectivity index (χ2v) is 3.87. The molecule has 0 spiro atoms. The van der Waals surface area contributed by atoms with E-state index in [1.165, 1.54) is 11.3 Å². The summed E-state index contributed by atoms with van der Waals surface area (Å²) in [6.45, 7) is 0. The van der Waals surface area contributed by atoms with Crippen LogP contribution in [0.1, 0.15) is 9.67 Å². The second-order valence-electron chi connectivity index (χ2n) is 2.76. The molecule has 0 unspecified atom stereocenters. The van der Waals surface area contributed by atoms with Gasteiger partial charge < -0.3 is 5.73 Å². The molecule has 2 N–H and O–H groups in total. The highest BCUT2D eigenvalue weighted by atomic mass is 32.1. The summed E-state index contributed by atoms with van der Waals surface area (Å²) in [5.41, 5.74) is 6.59. The van der Waals surface area contributed by atoms with Crippen LogP contribution in [0.5, 0.6) is 0 Å². The first-order chi connectivity index (χ1) is 6.81. The van der Waals surface area contributed by atoms with Crippen molar-refractivity contribution in [1.29, 1.82) is 0 Å². The Balaban J connectivity index is 2.49. The Morgan fingerprint density at radius 2 is 2.21 bits per heavy atom. The third-order valence-corrected chi connectivity index (χ3v) is 2.89. The first-order valence-electron chi connectivity index (χ1n) is 4.07. The number of aldehydes is 1. The zero-order valence-corrected chi connectivity index (χ0v) is 8.12. The molecule has 0 atom stereocenters. The molecule has 4 heteroatoms. The van der Waals surface area contributed by atoms with E-state index < -0.39 is 0 Å². The van der Waals surface area contributed by atoms with Gasteiger partial charge in [-0.2, -0.15) is 0 Å². The fourth-order valence-electron chi connectivity index (χ4n) is 1.19. The van der Waals surface area contributed by atoms with Gasteiger partial charge in [-0.25, -0.2) is 4.98 Å². The Morgan fingerprint density at radius 1 is 1.36 bits per heavy atom. The van der Waals surface area contributed by atoms with Crippen molar-refractivity contribution >= 4 is 23.4 Å². The molecule has 0 aromatic carbocycles. The molecule has 2 aromatic heterocycles. The minimum atomic E-state index is 0.492. The average Bonchev–Trinajstić information content (AvgIpc) is 2.67. The molecule has 0 saturated heterocycles. The molecule has 0 radical (unpaired) electrons. The standard InChI is InChI=1S/C10H8N2OS/c11-10-8(2-1-5-12-10)9-4-3-7(6-13)14-9/h1-6H,(H2,11,12). The van der Waals surface area contributed by atoms with Crippen LogP contribution in [-0.2, 0) is 0 Å². The summed E-state index contributed by atoms with van der Waals surface area (Å²) >= 11 is 1.41. The van der Waals surface area contributed by atoms with Gasteiger partial charge in [-0.05, 0) is 24.3 Å². The number of nitrogen functional groups attached to an aromatic ring is 1. The number of thiophene rings is 1. The summed E-state index contributed by atoms with van der Waals surface area (Å²) in [6.07, 6.45) is 2.48. The van der Waals surface area contributed by atoms with E-state index in [1.807, 2.05) is 18.2 Å². The van der Waals surface area contributed by atoms with E-state index in [0.717, 1.165) is 16.7 Å². The van der Waals surface area contributed by atoms with E-state index in [4.69, 9.17) is 5.73 Å². The Kier molecular flexibility index (Phi) is 2.28. The van der Waals surface area contributed by atoms with Crippen LogP contribution in [0.15, 0.2) is 30.5 Å². The predicted octanol–water partition coefficient (Wildman–Crippen LogP) is 2.20. The number of aromatic nitrogens is 1. The summed E-state index contributed by atoms with van der Waals surface area (Å²) in [7, 11) is 0. The molecule has 14 heavy (non-hydrogen) atoms. The fourth-order valence-corrected chi connectivity index (χ4v) is 2.04. The van der Waals surface area contributed by atoms with E-state index in [1.54, 1.807) is 12.3 Å². The van der Waals surface area contributed by atoms with Crippen molar-refractivity contribution in [1.82, 2.24) is 4.98 Å². The maximum Gasteiger partial charge on any atom is 0.160 e. The largest absolute Gasteiger partial charge is 0.383 e. The van der Waals surface area contributed by atoms with Crippen molar-refractivity contribution in [3.8, 4) is 10.4 Å². The summed E-state index contributed by atoms with van der Waals surface area (Å²) < 4.78 is 0. The monoisotopic (exact) mass is 204 g/mol. The molecule has 3 nitrogen and oxygen atoms in total. The minimum absolute atomic E-state index is 0.492. The van der Waals surface area contributed by atoms with Gasteiger partial charge in [0.2, 0.25) is 0 Å². The molecule has 0 aliphatic heterocycles. The van der Waals surface area contributed by atoms with Crippen molar-refractivity contribution in [2.45, 2.75) is 0 Å². The number of nitrogens with zero attached hydrogens (tertiary/aromatic N) is 1. The van der Waals surface area contributed by atoms with Gasteiger partial charge in [0.05, 0.1) is 4.88 Å². The maximum atomic E-state index is 10.5. The van der Waals surface area contributed by atoms with E-state index in [9.17, 15) is 4.79 Å². The minimum Gasteiger partial charge on any atom is -0.383 e. The maximum absolute atomic E-state index is 10.5. The third kappa shape index (κ3) is 1.52. The number of rotatable bonds is 2. The molecule has 0 amide bonds. The molecule has 0 saturated carbocycles. The molecule has 2 heterocycles. The van der Waals surface area contributed by atoms with Gasteiger partial charge in [-0.1, -0.05) is 0 Å². The molecule has 0 bridgehead atoms. The van der Waals surface area contributed by atoms with Gasteiger partial charge in [-0.15, -0.1) is 11.3 Å². The number of hydrogen-bond donors (Lipinski definition) is 1. The molecule has 2 aromatic rings. The molecular weight excluding hydrogens is 196 g/mol. The zero-order valence-electron chi connectivity index (χ0n) is 7.31. The first-order valence-corrected chi connectivity index (χ1v) is 4.89. The smallest absolute Gasteiger partial charge is 0.160 e. The normalized spacial score (nSPS) is 10.0. The molecule has 2 rings (SSSR count). The van der Waals surface area contributed by atoms with Crippen molar-refractivity contribution in [3.05, 3.63) is 35.3 Å². The lowest BCUT2D eigenvalue weighted by molar-refractivity contribution is 0.112. The van der Waals surface area contributed by atoms with Crippen molar-refractivity contribution in [2.75, 3.05) is 5.73 Å². The van der Waals surface area contributed by atoms with E-state index in [0.29, 0.717) is 10.7 Å². The number of carbonyl (C=O) groups is 1. The van der Waals surface area contributed by atoms with Crippen LogP contribution >= 0.6 is 11.3 Å². The number of carbonyl (C=O) groups excluding carboxylic acids is 1. The summed E-state index contributed by atoms with van der Waals surface area (Å²) in [6, 6.07) is 7.37. The van der Waals surface area contributed by atoms with Gasteiger partial charge in [0.15, 0.2) is 6.29 Å². The van der Waals surface area contributed by atoms with Gasteiger partial charge in [0.1, 0.15) is 5.82 Å². The highest BCUT2D eigenvalue weighted by Crippen LogP contribution is 2.30. The van der Waals surface area contributed by atoms with Crippen molar-refractivity contribution in [2.24, 2.45) is 0 Å². The highest BCUT2D eigenvalue weighted by molar-refractivity contribution is 7.17. The van der Waals surface area contributed by atoms with E-state index in [-0.39, 0.29) is 0 Å². The topological polar surface area (TPSA) is 56.0 Å². The zero-order chi connectivity index (χ0) is 9.97. The Bertz CT molecular complexity index is 465. The Morgan fingerprint density at radius 3 is 2.86 bits per heavy atom. The predicted molar refractivity (Wildman–Crippen MR) is 57.3 cm³/mol. The SMILES string of the molecule is Nc1ncccc1-c1ccc(C=O)s1. The van der Waals surface area contributed by atoms with Gasteiger partial charge in [0.25, 0.3) is 0 Å². The van der Waals surface area contributed by atoms with Crippen LogP contribution in [-0.4, -0.2) is 11.3 Å². The van der Waals surface area contributed by atoms with Crippen LogP contribution in [0.25, 0.3) is 10.4 Å². The van der Waals surface area contributed by atoms with Crippen LogP contribution in [0.3, 0.4) is 0 Å². The van der Waals surface area contributed by atoms with Gasteiger partial charge in [-0.3, -0.25) is 4.79 Å². The Hall–Kier alpha value is -1.68. The Labute approximate surface area is 85.2 Å². The number of anilines is 1. The lowest BCUT2D eigenvalue weighted by Crippen LogP contribution is -1.91. The summed E-state index contributed by atoms with van der Waals surface area (Å²) in [5.74, 6) is 0.492. The van der Waals surface area contributed by atoms with Crippen LogP contribution in [0, 0.1) is 0 Å². The first kappa shape index (κ1) is 8.90. The molecule has 0 aliphatic carbocycles. The molecule has 70 valence electrons. The lowest BCUT2D eigenvalue weighted by Gasteiger charge is -1.99. The average molecular weight is 204 g/mol. The number of pyridine rings is 1. The van der Waals surface area contributed by atoms with Crippen LogP contribution < -0.4 is 5.73 Å². The fraction of sp³-hybridized carbons (Fsp3) is 0. The van der Waals surface area contributed by atoms with E-state index in [2.05, 4.69) is 4.98 Å². The highest BCUT2D eigenvalue weighted by Gasteiger charge is 2.05. The lowest BCUT2D eigenvalue weighted by atomic mass is 10.2. The summed E-state index contributed by atoms with van der Waals surface area (Å²) in [5, 5.41) is 0. The summed E-state index contributed by atoms with van der Waals surface area (Å²) in [4.78, 5) is 16.2.